The first-order chi connectivity index (χ1) is 14.7. The monoisotopic (exact) mass is 447 g/mol. The lowest BCUT2D eigenvalue weighted by molar-refractivity contribution is -0.137. The molecule has 10 heteroatoms. The van der Waals surface area contributed by atoms with Crippen LogP contribution in [-0.4, -0.2) is 21.6 Å². The molecule has 0 bridgehead atoms. The van der Waals surface area contributed by atoms with Crippen molar-refractivity contribution >= 4 is 34.7 Å². The van der Waals surface area contributed by atoms with Gasteiger partial charge in [0.15, 0.2) is 0 Å². The Kier molecular flexibility index (Phi) is 6.55. The maximum Gasteiger partial charge on any atom is 0.416 e. The number of rotatable bonds is 6. The predicted octanol–water partition coefficient (Wildman–Crippen LogP) is 5.40. The summed E-state index contributed by atoms with van der Waals surface area (Å²) in [4.78, 5) is 21.0. The first-order valence-electron chi connectivity index (χ1n) is 9.03. The predicted molar refractivity (Wildman–Crippen MR) is 113 cm³/mol. The summed E-state index contributed by atoms with van der Waals surface area (Å²) in [6, 6.07) is 9.47. The van der Waals surface area contributed by atoms with E-state index in [2.05, 4.69) is 20.6 Å². The summed E-state index contributed by atoms with van der Waals surface area (Å²) in [5.74, 6) is -0.342. The highest BCUT2D eigenvalue weighted by atomic mass is 35.5. The van der Waals surface area contributed by atoms with Crippen LogP contribution in [0.1, 0.15) is 34.1 Å². The van der Waals surface area contributed by atoms with Gasteiger partial charge in [0.1, 0.15) is 5.82 Å². The largest absolute Gasteiger partial charge is 0.416 e. The molecule has 3 aromatic rings. The molecule has 0 saturated heterocycles. The van der Waals surface area contributed by atoms with E-state index in [-0.39, 0.29) is 27.5 Å². The number of anilines is 2. The van der Waals surface area contributed by atoms with Gasteiger partial charge < -0.3 is 16.0 Å². The Morgan fingerprint density at radius 1 is 1.13 bits per heavy atom. The van der Waals surface area contributed by atoms with Gasteiger partial charge in [0.05, 0.1) is 34.0 Å². The average molecular weight is 448 g/mol. The molecule has 1 amide bonds. The highest BCUT2D eigenvalue weighted by Crippen LogP contribution is 2.31. The number of nitrogens with zero attached hydrogens (tertiary/aromatic N) is 2. The van der Waals surface area contributed by atoms with Gasteiger partial charge in [0.25, 0.3) is 5.91 Å². The normalized spacial score (nSPS) is 11.1. The van der Waals surface area contributed by atoms with Gasteiger partial charge >= 0.3 is 6.18 Å². The summed E-state index contributed by atoms with van der Waals surface area (Å²) >= 11 is 6.39. The number of hydrogen-bond donors (Lipinski definition) is 3. The Balaban J connectivity index is 1.81. The Morgan fingerprint density at radius 2 is 1.84 bits per heavy atom. The van der Waals surface area contributed by atoms with E-state index in [0.717, 1.165) is 30.0 Å². The maximum absolute atomic E-state index is 12.7. The molecule has 0 aliphatic heterocycles. The van der Waals surface area contributed by atoms with Crippen molar-refractivity contribution in [2.24, 2.45) is 0 Å². The second-order valence-corrected chi connectivity index (χ2v) is 6.92. The number of nitrogens with one attached hydrogen (secondary N) is 3. The summed E-state index contributed by atoms with van der Waals surface area (Å²) in [6.07, 6.45) is -1.58. The Bertz CT molecular complexity index is 1100. The molecule has 0 saturated carbocycles. The van der Waals surface area contributed by atoms with Crippen molar-refractivity contribution in [2.45, 2.75) is 19.6 Å². The van der Waals surface area contributed by atoms with E-state index in [9.17, 15) is 18.0 Å². The molecule has 3 N–H and O–H groups in total. The van der Waals surface area contributed by atoms with Crippen LogP contribution in [0.2, 0.25) is 5.02 Å². The molecule has 1 aromatic carbocycles. The number of halogens is 4. The van der Waals surface area contributed by atoms with Gasteiger partial charge in [-0.1, -0.05) is 17.7 Å². The molecule has 3 rings (SSSR count). The van der Waals surface area contributed by atoms with Crippen LogP contribution in [0.4, 0.5) is 24.7 Å². The van der Waals surface area contributed by atoms with Crippen molar-refractivity contribution in [3.8, 4) is 0 Å². The summed E-state index contributed by atoms with van der Waals surface area (Å²) in [5, 5.41) is 13.6. The average Bonchev–Trinajstić information content (AvgIpc) is 2.72. The molecule has 0 unspecified atom stereocenters. The second kappa shape index (κ2) is 9.13. The third-order valence-corrected chi connectivity index (χ3v) is 4.66. The van der Waals surface area contributed by atoms with E-state index < -0.39 is 17.6 Å². The number of amides is 1. The molecule has 0 spiro atoms. The van der Waals surface area contributed by atoms with Gasteiger partial charge in [-0.3, -0.25) is 9.78 Å². The molecule has 0 aliphatic rings. The molecule has 0 fully saturated rings. The number of benzene rings is 1. The smallest absolute Gasteiger partial charge is 0.364 e. The second-order valence-electron chi connectivity index (χ2n) is 6.54. The molecule has 0 radical (unpaired) electrons. The first kappa shape index (κ1) is 22.2. The summed E-state index contributed by atoms with van der Waals surface area (Å²) in [6.45, 7) is 1.84. The summed E-state index contributed by atoms with van der Waals surface area (Å²) in [5.41, 5.74) is 0.419. The molecule has 6 nitrogen and oxygen atoms in total. The number of pyridine rings is 2. The number of carbonyl (C=O) groups excluding carboxylic acids is 1. The number of aromatic nitrogens is 2. The zero-order chi connectivity index (χ0) is 22.6. The fourth-order valence-electron chi connectivity index (χ4n) is 2.74. The van der Waals surface area contributed by atoms with Crippen molar-refractivity contribution in [2.75, 3.05) is 10.6 Å². The molecule has 31 heavy (non-hydrogen) atoms. The maximum atomic E-state index is 12.7. The Morgan fingerprint density at radius 3 is 2.42 bits per heavy atom. The SMILES string of the molecule is CC(=N)c1c(NCc2ccccn2)ncc(C(=O)Nc2ccc(C(F)(F)F)cc2)c1Cl. The molecular weight excluding hydrogens is 431 g/mol. The van der Waals surface area contributed by atoms with Gasteiger partial charge in [-0.05, 0) is 43.3 Å². The van der Waals surface area contributed by atoms with Crippen molar-refractivity contribution in [3.05, 3.63) is 82.3 Å². The topological polar surface area (TPSA) is 90.8 Å². The van der Waals surface area contributed by atoms with Crippen LogP contribution < -0.4 is 10.6 Å². The minimum absolute atomic E-state index is 0.00782. The fourth-order valence-corrected chi connectivity index (χ4v) is 3.11. The van der Waals surface area contributed by atoms with Crippen LogP contribution in [0.5, 0.6) is 0 Å². The summed E-state index contributed by atoms with van der Waals surface area (Å²) in [7, 11) is 0. The van der Waals surface area contributed by atoms with Gasteiger partial charge in [-0.2, -0.15) is 13.2 Å². The lowest BCUT2D eigenvalue weighted by Crippen LogP contribution is -2.16. The van der Waals surface area contributed by atoms with Gasteiger partial charge in [0.2, 0.25) is 0 Å². The zero-order valence-corrected chi connectivity index (χ0v) is 17.0. The van der Waals surface area contributed by atoms with Crippen LogP contribution in [0.15, 0.2) is 54.9 Å². The number of carbonyl (C=O) groups is 1. The van der Waals surface area contributed by atoms with Crippen LogP contribution in [0, 0.1) is 5.41 Å². The number of alkyl halides is 3. The lowest BCUT2D eigenvalue weighted by Gasteiger charge is -2.15. The third-order valence-electron chi connectivity index (χ3n) is 4.27. The fraction of sp³-hybridized carbons (Fsp3) is 0.143. The van der Waals surface area contributed by atoms with E-state index in [0.29, 0.717) is 12.4 Å². The quantitative estimate of drug-likeness (QED) is 0.441. The van der Waals surface area contributed by atoms with Crippen LogP contribution in [-0.2, 0) is 12.7 Å². The van der Waals surface area contributed by atoms with Gasteiger partial charge in [-0.15, -0.1) is 0 Å². The minimum atomic E-state index is -4.47. The Hall–Kier alpha value is -3.46. The van der Waals surface area contributed by atoms with E-state index in [1.165, 1.54) is 13.1 Å². The number of hydrogen-bond acceptors (Lipinski definition) is 5. The molecule has 160 valence electrons. The highest BCUT2D eigenvalue weighted by Gasteiger charge is 2.30. The van der Waals surface area contributed by atoms with Crippen molar-refractivity contribution in [1.82, 2.24) is 9.97 Å². The minimum Gasteiger partial charge on any atom is -0.364 e. The van der Waals surface area contributed by atoms with Crippen molar-refractivity contribution in [3.63, 3.8) is 0 Å². The van der Waals surface area contributed by atoms with Gasteiger partial charge in [-0.25, -0.2) is 4.98 Å². The molecule has 0 aliphatic carbocycles. The molecule has 2 aromatic heterocycles. The molecule has 0 atom stereocenters. The Labute approximate surface area is 181 Å². The van der Waals surface area contributed by atoms with Crippen molar-refractivity contribution in [1.29, 1.82) is 5.41 Å². The first-order valence-corrected chi connectivity index (χ1v) is 9.41. The van der Waals surface area contributed by atoms with E-state index in [4.69, 9.17) is 17.0 Å². The van der Waals surface area contributed by atoms with Crippen LogP contribution >= 0.6 is 11.6 Å². The van der Waals surface area contributed by atoms with Crippen molar-refractivity contribution < 1.29 is 18.0 Å². The van der Waals surface area contributed by atoms with Crippen LogP contribution in [0.25, 0.3) is 0 Å². The van der Waals surface area contributed by atoms with E-state index in [1.54, 1.807) is 12.3 Å². The zero-order valence-electron chi connectivity index (χ0n) is 16.2. The van der Waals surface area contributed by atoms with Crippen LogP contribution in [0.3, 0.4) is 0 Å². The highest BCUT2D eigenvalue weighted by molar-refractivity contribution is 6.38. The lowest BCUT2D eigenvalue weighted by atomic mass is 10.1. The molecule has 2 heterocycles. The van der Waals surface area contributed by atoms with E-state index in [1.807, 2.05) is 12.1 Å². The van der Waals surface area contributed by atoms with E-state index >= 15 is 0 Å². The van der Waals surface area contributed by atoms with Gasteiger partial charge in [0, 0.05) is 23.8 Å². The standard InChI is InChI=1S/C21H17ClF3N5O/c1-12(26)17-18(22)16(11-29-19(17)28-10-15-4-2-3-9-27-15)20(31)30-14-7-5-13(6-8-14)21(23,24)25/h2-9,11,26H,10H2,1H3,(H,28,29)(H,30,31). The summed E-state index contributed by atoms with van der Waals surface area (Å²) < 4.78 is 38.1. The third kappa shape index (κ3) is 5.37. The molecular formula is C21H17ClF3N5O.